The van der Waals surface area contributed by atoms with Gasteiger partial charge >= 0.3 is 5.97 Å². The molecule has 16 heavy (non-hydrogen) atoms. The van der Waals surface area contributed by atoms with E-state index in [1.165, 1.54) is 6.07 Å². The van der Waals surface area contributed by atoms with E-state index in [9.17, 15) is 4.79 Å². The summed E-state index contributed by atoms with van der Waals surface area (Å²) in [6.45, 7) is 1.80. The van der Waals surface area contributed by atoms with Gasteiger partial charge in [0.15, 0.2) is 0 Å². The Morgan fingerprint density at radius 3 is 2.69 bits per heavy atom. The van der Waals surface area contributed by atoms with Crippen molar-refractivity contribution in [3.05, 3.63) is 41.7 Å². The molecule has 3 N–H and O–H groups in total. The predicted molar refractivity (Wildman–Crippen MR) is 60.3 cm³/mol. The van der Waals surface area contributed by atoms with Gasteiger partial charge in [-0.3, -0.25) is 0 Å². The molecule has 1 aromatic heterocycles. The van der Waals surface area contributed by atoms with Crippen LogP contribution in [0.3, 0.4) is 0 Å². The van der Waals surface area contributed by atoms with Crippen LogP contribution >= 0.6 is 0 Å². The highest BCUT2D eigenvalue weighted by molar-refractivity contribution is 5.86. The standard InChI is InChI=1S/C12H11NO3/c1-7-5-10(12(14)15)16-11(7)8-3-2-4-9(13)6-8/h2-6H,13H2,1H3,(H,14,15). The molecule has 0 unspecified atom stereocenters. The van der Waals surface area contributed by atoms with Crippen LogP contribution < -0.4 is 5.73 Å². The maximum atomic E-state index is 10.7. The number of carboxylic acid groups (broad SMARTS) is 1. The molecule has 0 radical (unpaired) electrons. The number of furan rings is 1. The van der Waals surface area contributed by atoms with Crippen molar-refractivity contribution in [3.8, 4) is 11.3 Å². The number of nitrogen functional groups attached to an aromatic ring is 1. The Kier molecular flexibility index (Phi) is 2.40. The summed E-state index contributed by atoms with van der Waals surface area (Å²) in [5.41, 5.74) is 7.83. The lowest BCUT2D eigenvalue weighted by atomic mass is 10.1. The second-order valence-electron chi connectivity index (χ2n) is 3.55. The summed E-state index contributed by atoms with van der Waals surface area (Å²) in [5, 5.41) is 8.81. The molecule has 0 amide bonds. The molecule has 0 atom stereocenters. The first-order chi connectivity index (χ1) is 7.58. The first-order valence-electron chi connectivity index (χ1n) is 4.77. The quantitative estimate of drug-likeness (QED) is 0.758. The van der Waals surface area contributed by atoms with Crippen molar-refractivity contribution < 1.29 is 14.3 Å². The van der Waals surface area contributed by atoms with E-state index in [0.29, 0.717) is 11.4 Å². The van der Waals surface area contributed by atoms with E-state index in [0.717, 1.165) is 11.1 Å². The number of nitrogens with two attached hydrogens (primary N) is 1. The molecule has 2 aromatic rings. The van der Waals surface area contributed by atoms with Crippen molar-refractivity contribution in [1.29, 1.82) is 0 Å². The van der Waals surface area contributed by atoms with E-state index in [1.54, 1.807) is 25.1 Å². The van der Waals surface area contributed by atoms with Crippen LogP contribution in [0, 0.1) is 6.92 Å². The first-order valence-corrected chi connectivity index (χ1v) is 4.77. The minimum atomic E-state index is -1.07. The summed E-state index contributed by atoms with van der Waals surface area (Å²) < 4.78 is 5.26. The van der Waals surface area contributed by atoms with Gasteiger partial charge in [-0.05, 0) is 30.7 Å². The molecule has 0 aliphatic heterocycles. The fourth-order valence-corrected chi connectivity index (χ4v) is 1.55. The van der Waals surface area contributed by atoms with E-state index < -0.39 is 5.97 Å². The molecular weight excluding hydrogens is 206 g/mol. The molecule has 0 spiro atoms. The van der Waals surface area contributed by atoms with Gasteiger partial charge in [0, 0.05) is 11.3 Å². The second-order valence-corrected chi connectivity index (χ2v) is 3.55. The second kappa shape index (κ2) is 3.73. The molecule has 0 saturated carbocycles. The van der Waals surface area contributed by atoms with E-state index in [2.05, 4.69) is 0 Å². The third-order valence-corrected chi connectivity index (χ3v) is 2.28. The normalized spacial score (nSPS) is 10.3. The van der Waals surface area contributed by atoms with Crippen LogP contribution in [0.1, 0.15) is 16.1 Å². The number of hydrogen-bond donors (Lipinski definition) is 2. The summed E-state index contributed by atoms with van der Waals surface area (Å²) >= 11 is 0. The van der Waals surface area contributed by atoms with Gasteiger partial charge in [0.2, 0.25) is 5.76 Å². The van der Waals surface area contributed by atoms with Gasteiger partial charge in [0.1, 0.15) is 5.76 Å². The zero-order chi connectivity index (χ0) is 11.7. The Bertz CT molecular complexity index is 543. The van der Waals surface area contributed by atoms with Crippen molar-refractivity contribution in [2.24, 2.45) is 0 Å². The summed E-state index contributed by atoms with van der Waals surface area (Å²) in [6, 6.07) is 8.64. The van der Waals surface area contributed by atoms with Crippen LogP contribution in [-0.4, -0.2) is 11.1 Å². The first kappa shape index (κ1) is 10.3. The molecule has 0 aliphatic rings. The number of benzene rings is 1. The van der Waals surface area contributed by atoms with Crippen molar-refractivity contribution in [2.45, 2.75) is 6.92 Å². The van der Waals surface area contributed by atoms with Gasteiger partial charge in [-0.1, -0.05) is 12.1 Å². The predicted octanol–water partition coefficient (Wildman–Crippen LogP) is 2.54. The summed E-state index contributed by atoms with van der Waals surface area (Å²) in [4.78, 5) is 10.7. The molecule has 0 fully saturated rings. The maximum Gasteiger partial charge on any atom is 0.371 e. The van der Waals surface area contributed by atoms with Gasteiger partial charge in [0.25, 0.3) is 0 Å². The topological polar surface area (TPSA) is 76.5 Å². The number of rotatable bonds is 2. The summed E-state index contributed by atoms with van der Waals surface area (Å²) in [7, 11) is 0. The summed E-state index contributed by atoms with van der Waals surface area (Å²) in [5.74, 6) is -0.585. The highest BCUT2D eigenvalue weighted by Gasteiger charge is 2.14. The van der Waals surface area contributed by atoms with E-state index >= 15 is 0 Å². The van der Waals surface area contributed by atoms with E-state index in [1.807, 2.05) is 6.07 Å². The molecule has 2 rings (SSSR count). The third-order valence-electron chi connectivity index (χ3n) is 2.28. The minimum Gasteiger partial charge on any atom is -0.475 e. The number of hydrogen-bond acceptors (Lipinski definition) is 3. The Morgan fingerprint density at radius 1 is 1.38 bits per heavy atom. The molecule has 0 aliphatic carbocycles. The highest BCUT2D eigenvalue weighted by Crippen LogP contribution is 2.27. The van der Waals surface area contributed by atoms with Gasteiger partial charge in [-0.2, -0.15) is 0 Å². The molecule has 4 nitrogen and oxygen atoms in total. The van der Waals surface area contributed by atoms with Crippen LogP contribution in [0.5, 0.6) is 0 Å². The van der Waals surface area contributed by atoms with Gasteiger partial charge in [-0.25, -0.2) is 4.79 Å². The van der Waals surface area contributed by atoms with E-state index in [4.69, 9.17) is 15.3 Å². The molecule has 0 bridgehead atoms. The largest absolute Gasteiger partial charge is 0.475 e. The van der Waals surface area contributed by atoms with Crippen molar-refractivity contribution >= 4 is 11.7 Å². The van der Waals surface area contributed by atoms with Crippen molar-refractivity contribution in [2.75, 3.05) is 5.73 Å². The minimum absolute atomic E-state index is 0.0603. The van der Waals surface area contributed by atoms with Crippen LogP contribution in [0.4, 0.5) is 5.69 Å². The molecule has 4 heteroatoms. The van der Waals surface area contributed by atoms with Gasteiger partial charge in [0.05, 0.1) is 0 Å². The molecule has 1 aromatic carbocycles. The molecular formula is C12H11NO3. The number of anilines is 1. The Hall–Kier alpha value is -2.23. The third kappa shape index (κ3) is 1.77. The van der Waals surface area contributed by atoms with Crippen molar-refractivity contribution in [3.63, 3.8) is 0 Å². The van der Waals surface area contributed by atoms with Crippen LogP contribution in [0.2, 0.25) is 0 Å². The van der Waals surface area contributed by atoms with Crippen LogP contribution in [0.25, 0.3) is 11.3 Å². The zero-order valence-electron chi connectivity index (χ0n) is 8.73. The SMILES string of the molecule is Cc1cc(C(=O)O)oc1-c1cccc(N)c1. The molecule has 0 saturated heterocycles. The zero-order valence-corrected chi connectivity index (χ0v) is 8.73. The maximum absolute atomic E-state index is 10.7. The Morgan fingerprint density at radius 2 is 2.12 bits per heavy atom. The smallest absolute Gasteiger partial charge is 0.371 e. The lowest BCUT2D eigenvalue weighted by Gasteiger charge is -1.99. The Balaban J connectivity index is 2.52. The van der Waals surface area contributed by atoms with Gasteiger partial charge in [-0.15, -0.1) is 0 Å². The molecule has 1 heterocycles. The fraction of sp³-hybridized carbons (Fsp3) is 0.0833. The summed E-state index contributed by atoms with van der Waals surface area (Å²) in [6.07, 6.45) is 0. The highest BCUT2D eigenvalue weighted by atomic mass is 16.4. The number of carbonyl (C=O) groups is 1. The van der Waals surface area contributed by atoms with Crippen molar-refractivity contribution in [1.82, 2.24) is 0 Å². The van der Waals surface area contributed by atoms with E-state index in [-0.39, 0.29) is 5.76 Å². The average Bonchev–Trinajstić information content (AvgIpc) is 2.60. The number of carboxylic acids is 1. The lowest BCUT2D eigenvalue weighted by molar-refractivity contribution is 0.0663. The van der Waals surface area contributed by atoms with Crippen LogP contribution in [-0.2, 0) is 0 Å². The number of aromatic carboxylic acids is 1. The lowest BCUT2D eigenvalue weighted by Crippen LogP contribution is -1.91. The average molecular weight is 217 g/mol. The Labute approximate surface area is 92.3 Å². The van der Waals surface area contributed by atoms with Crippen LogP contribution in [0.15, 0.2) is 34.7 Å². The monoisotopic (exact) mass is 217 g/mol. The number of aryl methyl sites for hydroxylation is 1. The fourth-order valence-electron chi connectivity index (χ4n) is 1.55. The molecule has 82 valence electrons. The van der Waals surface area contributed by atoms with Gasteiger partial charge < -0.3 is 15.3 Å².